The molecule has 4 nitrogen and oxygen atoms in total. The molecule has 0 fully saturated rings. The SMILES string of the molecule is CCCCCCCCCCCCN(Cc1cccc2ccccc12)C(=O)[C@@H](N)CCCCN. The molecule has 0 radical (unpaired) electrons. The van der Waals surface area contributed by atoms with E-state index in [0.29, 0.717) is 19.5 Å². The lowest BCUT2D eigenvalue weighted by molar-refractivity contribution is -0.133. The highest BCUT2D eigenvalue weighted by atomic mass is 16.2. The fourth-order valence-corrected chi connectivity index (χ4v) is 4.56. The summed E-state index contributed by atoms with van der Waals surface area (Å²) in [5, 5.41) is 2.44. The predicted octanol–water partition coefficient (Wildman–Crippen LogP) is 6.55. The summed E-state index contributed by atoms with van der Waals surface area (Å²) < 4.78 is 0. The summed E-state index contributed by atoms with van der Waals surface area (Å²) in [4.78, 5) is 15.2. The predicted molar refractivity (Wildman–Crippen MR) is 142 cm³/mol. The van der Waals surface area contributed by atoms with Gasteiger partial charge in [0.25, 0.3) is 0 Å². The van der Waals surface area contributed by atoms with Crippen LogP contribution in [0.5, 0.6) is 0 Å². The number of amides is 1. The number of benzene rings is 2. The maximum absolute atomic E-state index is 13.2. The van der Waals surface area contributed by atoms with Gasteiger partial charge >= 0.3 is 0 Å². The van der Waals surface area contributed by atoms with Gasteiger partial charge in [-0.3, -0.25) is 4.79 Å². The van der Waals surface area contributed by atoms with E-state index in [1.165, 1.54) is 74.1 Å². The monoisotopic (exact) mass is 453 g/mol. The largest absolute Gasteiger partial charge is 0.337 e. The molecule has 0 aliphatic carbocycles. The molecule has 0 aliphatic heterocycles. The molecule has 0 saturated heterocycles. The van der Waals surface area contributed by atoms with Crippen molar-refractivity contribution in [3.05, 3.63) is 48.0 Å². The first kappa shape index (κ1) is 27.3. The Morgan fingerprint density at radius 1 is 0.818 bits per heavy atom. The molecule has 2 aromatic carbocycles. The van der Waals surface area contributed by atoms with Gasteiger partial charge in [0.05, 0.1) is 6.04 Å². The van der Waals surface area contributed by atoms with E-state index in [0.717, 1.165) is 25.8 Å². The molecule has 4 heteroatoms. The molecule has 184 valence electrons. The smallest absolute Gasteiger partial charge is 0.239 e. The molecule has 0 aliphatic rings. The van der Waals surface area contributed by atoms with Crippen molar-refractivity contribution in [1.82, 2.24) is 4.90 Å². The first-order chi connectivity index (χ1) is 16.2. The molecule has 1 amide bonds. The molecule has 0 bridgehead atoms. The summed E-state index contributed by atoms with van der Waals surface area (Å²) in [5.41, 5.74) is 13.1. The Morgan fingerprint density at radius 2 is 1.45 bits per heavy atom. The van der Waals surface area contributed by atoms with E-state index in [-0.39, 0.29) is 5.91 Å². The fourth-order valence-electron chi connectivity index (χ4n) is 4.56. The van der Waals surface area contributed by atoms with Crippen molar-refractivity contribution in [1.29, 1.82) is 0 Å². The van der Waals surface area contributed by atoms with Crippen LogP contribution in [-0.2, 0) is 11.3 Å². The van der Waals surface area contributed by atoms with Crippen LogP contribution in [0, 0.1) is 0 Å². The number of nitrogens with two attached hydrogens (primary N) is 2. The zero-order valence-corrected chi connectivity index (χ0v) is 20.9. The lowest BCUT2D eigenvalue weighted by atomic mass is 10.0. The van der Waals surface area contributed by atoms with Gasteiger partial charge < -0.3 is 16.4 Å². The number of nitrogens with zero attached hydrogens (tertiary/aromatic N) is 1. The second kappa shape index (κ2) is 16.7. The minimum Gasteiger partial charge on any atom is -0.337 e. The van der Waals surface area contributed by atoms with Crippen LogP contribution in [0.2, 0.25) is 0 Å². The van der Waals surface area contributed by atoms with Gasteiger partial charge in [-0.15, -0.1) is 0 Å². The highest BCUT2D eigenvalue weighted by Crippen LogP contribution is 2.21. The maximum atomic E-state index is 13.2. The lowest BCUT2D eigenvalue weighted by Crippen LogP contribution is -2.43. The average molecular weight is 454 g/mol. The van der Waals surface area contributed by atoms with Gasteiger partial charge in [-0.05, 0) is 42.1 Å². The first-order valence-corrected chi connectivity index (χ1v) is 13.4. The Hall–Kier alpha value is -1.91. The minimum absolute atomic E-state index is 0.0795. The number of fused-ring (bicyclic) bond motifs is 1. The summed E-state index contributed by atoms with van der Waals surface area (Å²) in [6, 6.07) is 14.3. The van der Waals surface area contributed by atoms with Crippen LogP contribution < -0.4 is 11.5 Å². The van der Waals surface area contributed by atoms with E-state index in [2.05, 4.69) is 49.4 Å². The van der Waals surface area contributed by atoms with Gasteiger partial charge in [-0.2, -0.15) is 0 Å². The van der Waals surface area contributed by atoms with Crippen LogP contribution in [-0.4, -0.2) is 29.9 Å². The van der Waals surface area contributed by atoms with Gasteiger partial charge in [0.1, 0.15) is 0 Å². The Bertz CT molecular complexity index is 786. The number of hydrogen-bond donors (Lipinski definition) is 2. The molecule has 0 unspecified atom stereocenters. The van der Waals surface area contributed by atoms with E-state index < -0.39 is 6.04 Å². The highest BCUT2D eigenvalue weighted by Gasteiger charge is 2.21. The van der Waals surface area contributed by atoms with Crippen LogP contribution in [0.4, 0.5) is 0 Å². The second-order valence-electron chi connectivity index (χ2n) is 9.47. The van der Waals surface area contributed by atoms with Crippen molar-refractivity contribution in [3.63, 3.8) is 0 Å². The molecule has 1 atom stereocenters. The average Bonchev–Trinajstić information content (AvgIpc) is 2.84. The standard InChI is InChI=1S/C29H47N3O/c1-2-3-4-5-6-7-8-9-10-15-23-32(29(33)28(31)21-13-14-22-30)24-26-19-16-18-25-17-11-12-20-27(25)26/h11-12,16-20,28H,2-10,13-15,21-24,30-31H2,1H3/t28-/m0/s1. The van der Waals surface area contributed by atoms with Crippen molar-refractivity contribution >= 4 is 16.7 Å². The van der Waals surface area contributed by atoms with Crippen LogP contribution in [0.15, 0.2) is 42.5 Å². The number of rotatable bonds is 18. The number of unbranched alkanes of at least 4 members (excludes halogenated alkanes) is 10. The Balaban J connectivity index is 1.89. The quantitative estimate of drug-likeness (QED) is 0.251. The summed E-state index contributed by atoms with van der Waals surface area (Å²) in [7, 11) is 0. The molecule has 4 N–H and O–H groups in total. The van der Waals surface area contributed by atoms with Gasteiger partial charge in [0, 0.05) is 13.1 Å². The molecule has 0 heterocycles. The zero-order valence-electron chi connectivity index (χ0n) is 20.9. The Labute approximate surface area is 202 Å². The van der Waals surface area contributed by atoms with E-state index in [9.17, 15) is 4.79 Å². The normalized spacial score (nSPS) is 12.2. The van der Waals surface area contributed by atoms with Crippen LogP contribution in [0.1, 0.15) is 96.0 Å². The molecular formula is C29H47N3O. The number of hydrogen-bond acceptors (Lipinski definition) is 3. The Morgan fingerprint density at radius 3 is 2.15 bits per heavy atom. The van der Waals surface area contributed by atoms with E-state index >= 15 is 0 Å². The van der Waals surface area contributed by atoms with E-state index in [1.807, 2.05) is 4.90 Å². The van der Waals surface area contributed by atoms with Gasteiger partial charge in [0.2, 0.25) is 5.91 Å². The lowest BCUT2D eigenvalue weighted by Gasteiger charge is -2.26. The van der Waals surface area contributed by atoms with Crippen molar-refractivity contribution in [2.24, 2.45) is 11.5 Å². The molecule has 2 aromatic rings. The highest BCUT2D eigenvalue weighted by molar-refractivity contribution is 5.87. The van der Waals surface area contributed by atoms with Crippen LogP contribution in [0.25, 0.3) is 10.8 Å². The van der Waals surface area contributed by atoms with Crippen molar-refractivity contribution in [2.45, 2.75) is 103 Å². The third kappa shape index (κ3) is 10.3. The topological polar surface area (TPSA) is 72.3 Å². The van der Waals surface area contributed by atoms with Gasteiger partial charge in [-0.1, -0.05) is 114 Å². The summed E-state index contributed by atoms with van der Waals surface area (Å²) >= 11 is 0. The van der Waals surface area contributed by atoms with E-state index in [4.69, 9.17) is 11.5 Å². The van der Waals surface area contributed by atoms with Gasteiger partial charge in [0.15, 0.2) is 0 Å². The van der Waals surface area contributed by atoms with E-state index in [1.54, 1.807) is 0 Å². The fraction of sp³-hybridized carbons (Fsp3) is 0.621. The molecule has 0 spiro atoms. The molecule has 2 rings (SSSR count). The van der Waals surface area contributed by atoms with Crippen LogP contribution >= 0.6 is 0 Å². The van der Waals surface area contributed by atoms with Crippen molar-refractivity contribution in [3.8, 4) is 0 Å². The third-order valence-corrected chi connectivity index (χ3v) is 6.62. The third-order valence-electron chi connectivity index (χ3n) is 6.62. The summed E-state index contributed by atoms with van der Waals surface area (Å²) in [6.07, 6.45) is 15.5. The number of carbonyl (C=O) groups excluding carboxylic acids is 1. The van der Waals surface area contributed by atoms with Crippen molar-refractivity contribution in [2.75, 3.05) is 13.1 Å². The van der Waals surface area contributed by atoms with Crippen LogP contribution in [0.3, 0.4) is 0 Å². The van der Waals surface area contributed by atoms with Crippen molar-refractivity contribution < 1.29 is 4.79 Å². The molecule has 33 heavy (non-hydrogen) atoms. The maximum Gasteiger partial charge on any atom is 0.239 e. The first-order valence-electron chi connectivity index (χ1n) is 13.4. The molecule has 0 saturated carbocycles. The molecule has 0 aromatic heterocycles. The zero-order chi connectivity index (χ0) is 23.7. The summed E-state index contributed by atoms with van der Waals surface area (Å²) in [5.74, 6) is 0.0795. The number of carbonyl (C=O) groups is 1. The minimum atomic E-state index is -0.436. The summed E-state index contributed by atoms with van der Waals surface area (Å²) in [6.45, 7) is 4.33. The van der Waals surface area contributed by atoms with Gasteiger partial charge in [-0.25, -0.2) is 0 Å². The molecular weight excluding hydrogens is 406 g/mol. The Kier molecular flexibility index (Phi) is 13.8. The second-order valence-corrected chi connectivity index (χ2v) is 9.47.